The van der Waals surface area contributed by atoms with Crippen molar-refractivity contribution in [2.24, 2.45) is 0 Å². The van der Waals surface area contributed by atoms with Gasteiger partial charge in [0.05, 0.1) is 10.6 Å². The number of nitro groups is 1. The lowest BCUT2D eigenvalue weighted by Gasteiger charge is -2.04. The molecule has 0 aliphatic heterocycles. The molecule has 0 aromatic carbocycles. The van der Waals surface area contributed by atoms with E-state index in [9.17, 15) is 10.1 Å². The first kappa shape index (κ1) is 12.4. The van der Waals surface area contributed by atoms with E-state index in [4.69, 9.17) is 11.6 Å². The Labute approximate surface area is 109 Å². The summed E-state index contributed by atoms with van der Waals surface area (Å²) in [5.74, 6) is 0. The van der Waals surface area contributed by atoms with Gasteiger partial charge in [0.2, 0.25) is 5.15 Å². The molecule has 0 aliphatic carbocycles. The standard InChI is InChI=1S/C12H10ClN3O2/c1-7-5-9(6-8(2)14-7)10-3-4-11(16(17)18)12(13)15-10/h3-6H,1-2H3. The molecule has 2 aromatic heterocycles. The minimum absolute atomic E-state index is 0.107. The smallest absolute Gasteiger partial charge is 0.258 e. The van der Waals surface area contributed by atoms with Crippen molar-refractivity contribution in [3.63, 3.8) is 0 Å². The molecule has 0 N–H and O–H groups in total. The Morgan fingerprint density at radius 2 is 1.78 bits per heavy atom. The quantitative estimate of drug-likeness (QED) is 0.473. The summed E-state index contributed by atoms with van der Waals surface area (Å²) >= 11 is 5.79. The van der Waals surface area contributed by atoms with E-state index < -0.39 is 4.92 Å². The molecule has 0 spiro atoms. The molecule has 0 radical (unpaired) electrons. The van der Waals surface area contributed by atoms with Crippen LogP contribution in [-0.4, -0.2) is 14.9 Å². The summed E-state index contributed by atoms with van der Waals surface area (Å²) in [6.07, 6.45) is 0. The third-order valence-corrected chi connectivity index (χ3v) is 2.68. The molecule has 0 amide bonds. The van der Waals surface area contributed by atoms with Gasteiger partial charge in [0.25, 0.3) is 0 Å². The molecule has 6 heteroatoms. The highest BCUT2D eigenvalue weighted by Gasteiger charge is 2.14. The first-order valence-electron chi connectivity index (χ1n) is 5.24. The zero-order chi connectivity index (χ0) is 13.3. The number of rotatable bonds is 2. The second-order valence-corrected chi connectivity index (χ2v) is 4.26. The van der Waals surface area contributed by atoms with Crippen molar-refractivity contribution in [1.29, 1.82) is 0 Å². The molecule has 0 unspecified atom stereocenters. The predicted molar refractivity (Wildman–Crippen MR) is 68.6 cm³/mol. The van der Waals surface area contributed by atoms with Crippen LogP contribution in [0.4, 0.5) is 5.69 Å². The predicted octanol–water partition coefficient (Wildman–Crippen LogP) is 3.32. The van der Waals surface area contributed by atoms with Crippen LogP contribution >= 0.6 is 11.6 Å². The fraction of sp³-hybridized carbons (Fsp3) is 0.167. The largest absolute Gasteiger partial charge is 0.306 e. The molecule has 2 rings (SSSR count). The molecule has 2 aromatic rings. The Balaban J connectivity index is 2.52. The van der Waals surface area contributed by atoms with Gasteiger partial charge in [-0.1, -0.05) is 11.6 Å². The number of aryl methyl sites for hydroxylation is 2. The van der Waals surface area contributed by atoms with Crippen LogP contribution in [-0.2, 0) is 0 Å². The zero-order valence-corrected chi connectivity index (χ0v) is 10.6. The third kappa shape index (κ3) is 2.46. The lowest BCUT2D eigenvalue weighted by Crippen LogP contribution is -1.94. The fourth-order valence-electron chi connectivity index (χ4n) is 1.71. The van der Waals surface area contributed by atoms with Gasteiger partial charge in [-0.2, -0.15) is 0 Å². The number of halogens is 1. The summed E-state index contributed by atoms with van der Waals surface area (Å²) in [5, 5.41) is 10.5. The number of nitrogens with zero attached hydrogens (tertiary/aromatic N) is 3. The summed E-state index contributed by atoms with van der Waals surface area (Å²) in [4.78, 5) is 18.4. The van der Waals surface area contributed by atoms with E-state index in [-0.39, 0.29) is 10.8 Å². The zero-order valence-electron chi connectivity index (χ0n) is 9.85. The van der Waals surface area contributed by atoms with Crippen LogP contribution in [0.5, 0.6) is 0 Å². The van der Waals surface area contributed by atoms with Crippen molar-refractivity contribution in [2.45, 2.75) is 13.8 Å². The molecular formula is C12H10ClN3O2. The van der Waals surface area contributed by atoms with Crippen molar-refractivity contribution in [2.75, 3.05) is 0 Å². The minimum atomic E-state index is -0.553. The summed E-state index contributed by atoms with van der Waals surface area (Å²) in [7, 11) is 0. The van der Waals surface area contributed by atoms with Crippen LogP contribution in [0.2, 0.25) is 5.15 Å². The topological polar surface area (TPSA) is 68.9 Å². The number of aromatic nitrogens is 2. The Morgan fingerprint density at radius 3 is 2.28 bits per heavy atom. The van der Waals surface area contributed by atoms with Crippen LogP contribution in [0.15, 0.2) is 24.3 Å². The van der Waals surface area contributed by atoms with E-state index in [1.807, 2.05) is 26.0 Å². The van der Waals surface area contributed by atoms with E-state index in [0.717, 1.165) is 17.0 Å². The van der Waals surface area contributed by atoms with Gasteiger partial charge >= 0.3 is 5.69 Å². The lowest BCUT2D eigenvalue weighted by molar-refractivity contribution is -0.385. The highest BCUT2D eigenvalue weighted by Crippen LogP contribution is 2.26. The van der Waals surface area contributed by atoms with Gasteiger partial charge in [-0.25, -0.2) is 4.98 Å². The Bertz CT molecular complexity index is 608. The Hall–Kier alpha value is -2.01. The molecule has 5 nitrogen and oxygen atoms in total. The van der Waals surface area contributed by atoms with Gasteiger partial charge in [0, 0.05) is 23.0 Å². The van der Waals surface area contributed by atoms with Crippen LogP contribution < -0.4 is 0 Å². The summed E-state index contributed by atoms with van der Waals surface area (Å²) in [5.41, 5.74) is 2.97. The minimum Gasteiger partial charge on any atom is -0.258 e. The molecule has 0 aliphatic rings. The van der Waals surface area contributed by atoms with E-state index in [1.54, 1.807) is 6.07 Å². The van der Waals surface area contributed by atoms with Crippen molar-refractivity contribution in [3.05, 3.63) is 50.9 Å². The van der Waals surface area contributed by atoms with Gasteiger partial charge in [-0.05, 0) is 32.0 Å². The van der Waals surface area contributed by atoms with E-state index in [0.29, 0.717) is 5.69 Å². The lowest BCUT2D eigenvalue weighted by atomic mass is 10.1. The molecule has 18 heavy (non-hydrogen) atoms. The molecule has 0 saturated heterocycles. The number of hydrogen-bond donors (Lipinski definition) is 0. The number of pyridine rings is 2. The molecule has 0 saturated carbocycles. The molecule has 92 valence electrons. The van der Waals surface area contributed by atoms with Crippen molar-refractivity contribution >= 4 is 17.3 Å². The molecular weight excluding hydrogens is 254 g/mol. The van der Waals surface area contributed by atoms with Crippen LogP contribution in [0.3, 0.4) is 0 Å². The fourth-order valence-corrected chi connectivity index (χ4v) is 1.93. The van der Waals surface area contributed by atoms with Gasteiger partial charge in [-0.3, -0.25) is 15.1 Å². The maximum atomic E-state index is 10.6. The highest BCUT2D eigenvalue weighted by molar-refractivity contribution is 6.31. The summed E-state index contributed by atoms with van der Waals surface area (Å²) in [6.45, 7) is 3.76. The molecule has 0 atom stereocenters. The van der Waals surface area contributed by atoms with Crippen molar-refractivity contribution in [1.82, 2.24) is 9.97 Å². The number of hydrogen-bond acceptors (Lipinski definition) is 4. The molecule has 2 heterocycles. The summed E-state index contributed by atoms with van der Waals surface area (Å²) < 4.78 is 0. The van der Waals surface area contributed by atoms with Crippen LogP contribution in [0.1, 0.15) is 11.4 Å². The first-order chi connectivity index (χ1) is 8.47. The normalized spacial score (nSPS) is 10.4. The highest BCUT2D eigenvalue weighted by atomic mass is 35.5. The molecule has 0 bridgehead atoms. The van der Waals surface area contributed by atoms with E-state index in [2.05, 4.69) is 9.97 Å². The Kier molecular flexibility index (Phi) is 3.25. The van der Waals surface area contributed by atoms with Crippen LogP contribution in [0, 0.1) is 24.0 Å². The Morgan fingerprint density at radius 1 is 1.17 bits per heavy atom. The maximum Gasteiger partial charge on any atom is 0.306 e. The maximum absolute atomic E-state index is 10.6. The second kappa shape index (κ2) is 4.70. The van der Waals surface area contributed by atoms with Gasteiger partial charge < -0.3 is 0 Å². The van der Waals surface area contributed by atoms with Crippen molar-refractivity contribution < 1.29 is 4.92 Å². The van der Waals surface area contributed by atoms with E-state index >= 15 is 0 Å². The third-order valence-electron chi connectivity index (χ3n) is 2.40. The van der Waals surface area contributed by atoms with E-state index in [1.165, 1.54) is 6.07 Å². The van der Waals surface area contributed by atoms with Crippen molar-refractivity contribution in [3.8, 4) is 11.3 Å². The second-order valence-electron chi connectivity index (χ2n) is 3.90. The summed E-state index contributed by atoms with van der Waals surface area (Å²) in [6, 6.07) is 6.66. The first-order valence-corrected chi connectivity index (χ1v) is 5.62. The van der Waals surface area contributed by atoms with Crippen LogP contribution in [0.25, 0.3) is 11.3 Å². The average Bonchev–Trinajstić information content (AvgIpc) is 2.26. The van der Waals surface area contributed by atoms with Gasteiger partial charge in [-0.15, -0.1) is 0 Å². The SMILES string of the molecule is Cc1cc(-c2ccc([N+](=O)[O-])c(Cl)n2)cc(C)n1. The monoisotopic (exact) mass is 263 g/mol. The van der Waals surface area contributed by atoms with Gasteiger partial charge in [0.1, 0.15) is 0 Å². The molecule has 0 fully saturated rings. The average molecular weight is 264 g/mol. The van der Waals surface area contributed by atoms with Gasteiger partial charge in [0.15, 0.2) is 0 Å².